The molecule has 7 saturated heterocycles. The lowest BCUT2D eigenvalue weighted by molar-refractivity contribution is 0.311. The lowest BCUT2D eigenvalue weighted by Crippen LogP contribution is -2.45. The van der Waals surface area contributed by atoms with E-state index >= 15 is 0 Å². The first-order valence-corrected chi connectivity index (χ1v) is 40.0. The van der Waals surface area contributed by atoms with Crippen LogP contribution in [0.3, 0.4) is 0 Å². The molecule has 0 amide bonds. The highest BCUT2D eigenvalue weighted by molar-refractivity contribution is 5.51. The smallest absolute Gasteiger partial charge is 0.225 e. The molecule has 7 aliphatic heterocycles. The summed E-state index contributed by atoms with van der Waals surface area (Å²) >= 11 is 0. The summed E-state index contributed by atoms with van der Waals surface area (Å²) in [5, 5.41) is 13.5. The van der Waals surface area contributed by atoms with Crippen LogP contribution in [0.5, 0.6) is 0 Å². The quantitative estimate of drug-likeness (QED) is 0.0966. The number of rotatable bonds is 11. The highest BCUT2D eigenvalue weighted by Gasteiger charge is 2.20. The Morgan fingerprint density at radius 3 is 1.19 bits per heavy atom. The van der Waals surface area contributed by atoms with Gasteiger partial charge in [-0.1, -0.05) is 71.3 Å². The van der Waals surface area contributed by atoms with Gasteiger partial charge in [0.15, 0.2) is 0 Å². The molecule has 0 radical (unpaired) electrons. The van der Waals surface area contributed by atoms with Crippen molar-refractivity contribution in [3.8, 4) is 0 Å². The minimum Gasteiger partial charge on any atom is -0.384 e. The standard InChI is InChI=1S/2C12H18N2.C11H17N3.C11H16N2.C11H18N2.2C10H16N4.C10H15N3/c1-11-3-5-12(6-4-11)14-9-7-13(2)8-10-14;1-11-3-5-12(6-4-11)14-9-2-7-13-8-10-14;1-10-3-4-11(9-12-10)14-7-5-13(2)6-8-14;1-10-3-2-4-11(9-10)13-7-5-12-6-8-13;1-10-4-6-11(7-5-10)12-8-9-13(2)3;1-9-7-12-10(8-11-9)14-5-3-13(2)4-6-14;1-9-7-11-10(12-8-9)14-5-3-13(2)4-6-14;1-9-2-3-10(12-8-9)13-6-4-11-5-7-13/h3-6H,7-10H2,1-2H3;3-6,13H,2,7-10H2,1H3;3-4,9H,5-8H2,1-2H3;2-4,9,12H,5-8H2,1H3;4-7,12H,8-9H2,1-3H3;2*7-8H,3-6H2,1-2H3;2-3,8,11H,4-7H2,1H3. The van der Waals surface area contributed by atoms with Crippen LogP contribution in [-0.4, -0.2) is 293 Å². The maximum absolute atomic E-state index is 4.40. The molecule has 0 aliphatic carbocycles. The maximum atomic E-state index is 4.40. The van der Waals surface area contributed by atoms with Gasteiger partial charge < -0.3 is 80.1 Å². The van der Waals surface area contributed by atoms with Gasteiger partial charge in [0.05, 0.1) is 30.0 Å². The molecule has 22 heteroatoms. The number of benzene rings is 4. The Morgan fingerprint density at radius 1 is 0.312 bits per heavy atom. The van der Waals surface area contributed by atoms with Crippen molar-refractivity contribution in [3.63, 3.8) is 0 Å². The zero-order chi connectivity index (χ0) is 77.5. The Labute approximate surface area is 656 Å². The topological polar surface area (TPSA) is 164 Å². The summed E-state index contributed by atoms with van der Waals surface area (Å²) in [4.78, 5) is 54.1. The first-order chi connectivity index (χ1) is 52.8. The molecule has 4 aromatic heterocycles. The predicted octanol–water partition coefficient (Wildman–Crippen LogP) is 9.93. The van der Waals surface area contributed by atoms with Crippen molar-refractivity contribution in [1.29, 1.82) is 0 Å². The number of hydrogen-bond donors (Lipinski definition) is 4. The molecule has 8 aromatic rings. The number of nitrogens with zero attached hydrogens (tertiary/aromatic N) is 18. The fourth-order valence-corrected chi connectivity index (χ4v) is 12.9. The van der Waals surface area contributed by atoms with Gasteiger partial charge in [-0.2, -0.15) is 0 Å². The fraction of sp³-hybridized carbons (Fsp3) is 0.517. The predicted molar refractivity (Wildman–Crippen MR) is 462 cm³/mol. The Bertz CT molecular complexity index is 3410. The average molecular weight is 1490 g/mol. The van der Waals surface area contributed by atoms with Crippen LogP contribution in [0.25, 0.3) is 0 Å². The lowest BCUT2D eigenvalue weighted by atomic mass is 10.2. The van der Waals surface area contributed by atoms with Gasteiger partial charge in [0, 0.05) is 237 Å². The zero-order valence-corrected chi connectivity index (χ0v) is 69.0. The van der Waals surface area contributed by atoms with E-state index in [4.69, 9.17) is 0 Å². The summed E-state index contributed by atoms with van der Waals surface area (Å²) in [6, 6.07) is 43.3. The van der Waals surface area contributed by atoms with Gasteiger partial charge in [0.1, 0.15) is 11.6 Å². The van der Waals surface area contributed by atoms with E-state index in [-0.39, 0.29) is 0 Å². The van der Waals surface area contributed by atoms with Gasteiger partial charge in [0.2, 0.25) is 5.95 Å². The average Bonchev–Trinajstić information content (AvgIpc) is 1.48. The van der Waals surface area contributed by atoms with Gasteiger partial charge in [-0.15, -0.1) is 0 Å². The molecule has 7 aliphatic rings. The number of likely N-dealkylation sites (N-methyl/N-ethyl adjacent to an activating group) is 5. The molecule has 4 N–H and O–H groups in total. The largest absolute Gasteiger partial charge is 0.384 e. The minimum atomic E-state index is 0.865. The van der Waals surface area contributed by atoms with E-state index in [1.165, 1.54) is 82.3 Å². The monoisotopic (exact) mass is 1490 g/mol. The molecular weight excluding hydrogens is 1350 g/mol. The fourth-order valence-electron chi connectivity index (χ4n) is 12.9. The van der Waals surface area contributed by atoms with Crippen molar-refractivity contribution in [3.05, 3.63) is 203 Å². The lowest BCUT2D eigenvalue weighted by Gasteiger charge is -2.34. The molecule has 0 atom stereocenters. The Kier molecular flexibility index (Phi) is 37.5. The van der Waals surface area contributed by atoms with Gasteiger partial charge in [0.25, 0.3) is 0 Å². The molecule has 109 heavy (non-hydrogen) atoms. The van der Waals surface area contributed by atoms with Gasteiger partial charge in [-0.3, -0.25) is 9.97 Å². The molecule has 15 rings (SSSR count). The van der Waals surface area contributed by atoms with Crippen LogP contribution in [0, 0.1) is 55.4 Å². The van der Waals surface area contributed by atoms with Crippen molar-refractivity contribution < 1.29 is 0 Å². The van der Waals surface area contributed by atoms with Crippen LogP contribution < -0.4 is 55.6 Å². The SMILES string of the molecule is Cc1ccc(N2CCCNCC2)cc1.Cc1ccc(N2CCN(C)CC2)cc1.Cc1ccc(N2CCN(C)CC2)cn1.Cc1ccc(N2CCNCC2)nc1.Cc1ccc(NCCN(C)C)cc1.Cc1cccc(N2CCNCC2)c1.Cc1cnc(N2CCN(C)CC2)cn1.Cc1cnc(N2CCN(C)CC2)nc1. The molecule has 7 fully saturated rings. The number of aromatic nitrogens is 6. The van der Waals surface area contributed by atoms with E-state index in [1.807, 2.05) is 58.0 Å². The molecule has 0 saturated carbocycles. The molecule has 11 heterocycles. The summed E-state index contributed by atoms with van der Waals surface area (Å²) in [5.41, 5.74) is 16.3. The van der Waals surface area contributed by atoms with Gasteiger partial charge >= 0.3 is 0 Å². The van der Waals surface area contributed by atoms with E-state index in [1.54, 1.807) is 0 Å². The number of anilines is 8. The molecule has 592 valence electrons. The summed E-state index contributed by atoms with van der Waals surface area (Å²) in [6.07, 6.45) is 12.6. The first kappa shape index (κ1) is 86.0. The summed E-state index contributed by atoms with van der Waals surface area (Å²) < 4.78 is 0. The summed E-state index contributed by atoms with van der Waals surface area (Å²) in [5.74, 6) is 2.97. The van der Waals surface area contributed by atoms with E-state index < -0.39 is 0 Å². The van der Waals surface area contributed by atoms with Crippen molar-refractivity contribution in [2.75, 3.05) is 278 Å². The normalized spacial score (nSPS) is 17.3. The number of nitrogens with one attached hydrogen (secondary N) is 4. The Balaban J connectivity index is 0.000000157. The van der Waals surface area contributed by atoms with Crippen LogP contribution in [0.2, 0.25) is 0 Å². The third-order valence-corrected chi connectivity index (χ3v) is 20.3. The molecule has 0 bridgehead atoms. The maximum Gasteiger partial charge on any atom is 0.225 e. The Morgan fingerprint density at radius 2 is 0.725 bits per heavy atom. The second-order valence-corrected chi connectivity index (χ2v) is 30.3. The minimum absolute atomic E-state index is 0.865. The van der Waals surface area contributed by atoms with Crippen LogP contribution in [0.1, 0.15) is 51.2 Å². The Hall–Kier alpha value is -8.58. The molecule has 22 nitrogen and oxygen atoms in total. The highest BCUT2D eigenvalue weighted by atomic mass is 15.3. The van der Waals surface area contributed by atoms with E-state index in [0.717, 1.165) is 211 Å². The van der Waals surface area contributed by atoms with Crippen molar-refractivity contribution in [2.24, 2.45) is 0 Å². The third-order valence-electron chi connectivity index (χ3n) is 20.3. The van der Waals surface area contributed by atoms with E-state index in [0.29, 0.717) is 0 Å². The zero-order valence-electron chi connectivity index (χ0n) is 69.0. The first-order valence-electron chi connectivity index (χ1n) is 40.0. The second-order valence-electron chi connectivity index (χ2n) is 30.3. The van der Waals surface area contributed by atoms with Crippen LogP contribution in [0.15, 0.2) is 159 Å². The van der Waals surface area contributed by atoms with Gasteiger partial charge in [-0.05, 0) is 194 Å². The molecule has 0 unspecified atom stereocenters. The molecular formula is C87H134N22. The molecule has 0 spiro atoms. The van der Waals surface area contributed by atoms with Gasteiger partial charge in [-0.25, -0.2) is 19.9 Å². The second kappa shape index (κ2) is 47.5. The number of pyridine rings is 2. The number of hydrogen-bond acceptors (Lipinski definition) is 22. The van der Waals surface area contributed by atoms with Crippen molar-refractivity contribution in [1.82, 2.24) is 70.4 Å². The van der Waals surface area contributed by atoms with Crippen LogP contribution in [-0.2, 0) is 0 Å². The van der Waals surface area contributed by atoms with Crippen molar-refractivity contribution >= 4 is 46.0 Å². The number of piperazine rings is 6. The van der Waals surface area contributed by atoms with Crippen LogP contribution in [0.4, 0.5) is 46.0 Å². The summed E-state index contributed by atoms with van der Waals surface area (Å²) in [6.45, 7) is 49.6. The van der Waals surface area contributed by atoms with Crippen molar-refractivity contribution in [2.45, 2.75) is 61.8 Å². The highest BCUT2D eigenvalue weighted by Crippen LogP contribution is 2.21. The van der Waals surface area contributed by atoms with E-state index in [2.05, 4.69) is 308 Å². The van der Waals surface area contributed by atoms with E-state index in [9.17, 15) is 0 Å². The third kappa shape index (κ3) is 32.5. The number of aryl methyl sites for hydroxylation is 8. The summed E-state index contributed by atoms with van der Waals surface area (Å²) in [7, 11) is 12.8. The molecule has 4 aromatic carbocycles. The van der Waals surface area contributed by atoms with Crippen LogP contribution >= 0.6 is 0 Å².